The average Bonchev–Trinajstić information content (AvgIpc) is 3.31. The van der Waals surface area contributed by atoms with Crippen molar-refractivity contribution in [1.29, 1.82) is 0 Å². The van der Waals surface area contributed by atoms with E-state index in [1.165, 1.54) is 12.1 Å². The molecule has 2 atom stereocenters. The van der Waals surface area contributed by atoms with Gasteiger partial charge in [-0.2, -0.15) is 0 Å². The van der Waals surface area contributed by atoms with Crippen LogP contribution in [0.3, 0.4) is 0 Å². The van der Waals surface area contributed by atoms with Gasteiger partial charge in [0.1, 0.15) is 17.3 Å². The zero-order valence-corrected chi connectivity index (χ0v) is 17.8. The molecule has 2 fully saturated rings. The van der Waals surface area contributed by atoms with Crippen LogP contribution < -0.4 is 5.43 Å². The SMILES string of the molecule is Cc1ncc(C(=O)N2C[C@@H]3CN(C(=O)c4cc(=O)cc(C)o4)C[C@]3(CN(C)C)C2)[nH]1. The van der Waals surface area contributed by atoms with Crippen LogP contribution in [0.5, 0.6) is 0 Å². The highest BCUT2D eigenvalue weighted by Crippen LogP contribution is 2.43. The summed E-state index contributed by atoms with van der Waals surface area (Å²) in [6.45, 7) is 6.40. The van der Waals surface area contributed by atoms with Crippen molar-refractivity contribution in [2.45, 2.75) is 13.8 Å². The fourth-order valence-electron chi connectivity index (χ4n) is 4.91. The van der Waals surface area contributed by atoms with E-state index in [1.807, 2.05) is 25.9 Å². The number of aromatic amines is 1. The third-order valence-corrected chi connectivity index (χ3v) is 6.00. The number of hydrogen-bond acceptors (Lipinski definition) is 6. The lowest BCUT2D eigenvalue weighted by atomic mass is 9.80. The summed E-state index contributed by atoms with van der Waals surface area (Å²) in [5.41, 5.74) is 0.0200. The Hall–Kier alpha value is -2.94. The predicted octanol–water partition coefficient (Wildman–Crippen LogP) is 0.756. The molecular formula is C21H27N5O4. The van der Waals surface area contributed by atoms with Gasteiger partial charge in [-0.3, -0.25) is 14.4 Å². The highest BCUT2D eigenvalue weighted by Gasteiger charge is 2.55. The normalized spacial score (nSPS) is 23.3. The van der Waals surface area contributed by atoms with Gasteiger partial charge in [0.2, 0.25) is 0 Å². The van der Waals surface area contributed by atoms with Gasteiger partial charge in [-0.15, -0.1) is 0 Å². The quantitative estimate of drug-likeness (QED) is 0.794. The van der Waals surface area contributed by atoms with Crippen molar-refractivity contribution in [1.82, 2.24) is 24.7 Å². The molecule has 30 heavy (non-hydrogen) atoms. The van der Waals surface area contributed by atoms with E-state index >= 15 is 0 Å². The zero-order chi connectivity index (χ0) is 21.6. The first-order valence-electron chi connectivity index (χ1n) is 10.0. The van der Waals surface area contributed by atoms with Crippen LogP contribution in [0.1, 0.15) is 32.6 Å². The van der Waals surface area contributed by atoms with Crippen LogP contribution in [0.2, 0.25) is 0 Å². The monoisotopic (exact) mass is 413 g/mol. The number of H-pyrrole nitrogens is 1. The number of carbonyl (C=O) groups is 2. The summed E-state index contributed by atoms with van der Waals surface area (Å²) >= 11 is 0. The van der Waals surface area contributed by atoms with Crippen molar-refractivity contribution in [2.24, 2.45) is 11.3 Å². The number of hydrogen-bond donors (Lipinski definition) is 1. The van der Waals surface area contributed by atoms with E-state index in [2.05, 4.69) is 14.9 Å². The van der Waals surface area contributed by atoms with Crippen LogP contribution in [0.25, 0.3) is 0 Å². The number of aryl methyl sites for hydroxylation is 2. The molecule has 0 saturated carbocycles. The molecule has 0 aromatic carbocycles. The van der Waals surface area contributed by atoms with Crippen LogP contribution in [0.4, 0.5) is 0 Å². The Morgan fingerprint density at radius 1 is 1.20 bits per heavy atom. The Kier molecular flexibility index (Phi) is 5.01. The molecule has 4 heterocycles. The molecule has 0 radical (unpaired) electrons. The minimum Gasteiger partial charge on any atom is -0.456 e. The Morgan fingerprint density at radius 3 is 2.43 bits per heavy atom. The highest BCUT2D eigenvalue weighted by atomic mass is 16.3. The topological polar surface area (TPSA) is 103 Å². The number of rotatable bonds is 4. The van der Waals surface area contributed by atoms with E-state index in [0.29, 0.717) is 43.5 Å². The second-order valence-corrected chi connectivity index (χ2v) is 8.82. The average molecular weight is 413 g/mol. The number of nitrogens with zero attached hydrogens (tertiary/aromatic N) is 4. The fourth-order valence-corrected chi connectivity index (χ4v) is 4.91. The minimum absolute atomic E-state index is 0.0642. The van der Waals surface area contributed by atoms with Crippen LogP contribution in [-0.4, -0.2) is 83.3 Å². The Morgan fingerprint density at radius 2 is 1.87 bits per heavy atom. The van der Waals surface area contributed by atoms with Gasteiger partial charge in [0, 0.05) is 56.2 Å². The van der Waals surface area contributed by atoms with Crippen LogP contribution >= 0.6 is 0 Å². The molecule has 0 unspecified atom stereocenters. The van der Waals surface area contributed by atoms with Gasteiger partial charge in [0.05, 0.1) is 6.20 Å². The number of carbonyl (C=O) groups excluding carboxylic acids is 2. The largest absolute Gasteiger partial charge is 0.456 e. The lowest BCUT2D eigenvalue weighted by molar-refractivity contribution is 0.0678. The fraction of sp³-hybridized carbons (Fsp3) is 0.524. The Bertz CT molecular complexity index is 1040. The molecule has 9 heteroatoms. The number of aromatic nitrogens is 2. The summed E-state index contributed by atoms with van der Waals surface area (Å²) in [6.07, 6.45) is 1.57. The van der Waals surface area contributed by atoms with Gasteiger partial charge < -0.3 is 24.1 Å². The third-order valence-electron chi connectivity index (χ3n) is 6.00. The van der Waals surface area contributed by atoms with E-state index in [9.17, 15) is 14.4 Å². The zero-order valence-electron chi connectivity index (χ0n) is 17.8. The highest BCUT2D eigenvalue weighted by molar-refractivity contribution is 5.93. The summed E-state index contributed by atoms with van der Waals surface area (Å²) in [5.74, 6) is 1.00. The van der Waals surface area contributed by atoms with Crippen LogP contribution in [-0.2, 0) is 0 Å². The van der Waals surface area contributed by atoms with E-state index < -0.39 is 0 Å². The number of amides is 2. The standard InChI is InChI=1S/C21H27N5O4/c1-13-5-16(27)6-18(30-13)20(29)26-9-15-8-25(11-21(15,12-26)10-24(3)4)19(28)17-7-22-14(2)23-17/h5-7,15H,8-12H2,1-4H3,(H,22,23)/t15-,21+/m1/s1. The molecule has 2 aliphatic heterocycles. The van der Waals surface area contributed by atoms with Gasteiger partial charge in [-0.05, 0) is 27.9 Å². The maximum Gasteiger partial charge on any atom is 0.289 e. The maximum absolute atomic E-state index is 13.0. The number of fused-ring (bicyclic) bond motifs is 1. The summed E-state index contributed by atoms with van der Waals surface area (Å²) < 4.78 is 5.51. The number of nitrogens with one attached hydrogen (secondary N) is 1. The molecule has 2 aromatic rings. The summed E-state index contributed by atoms with van der Waals surface area (Å²) in [4.78, 5) is 50.6. The molecule has 2 amide bonds. The lowest BCUT2D eigenvalue weighted by Gasteiger charge is -2.32. The first kappa shape index (κ1) is 20.3. The second kappa shape index (κ2) is 7.39. The van der Waals surface area contributed by atoms with E-state index in [0.717, 1.165) is 6.54 Å². The number of imidazole rings is 1. The molecule has 0 bridgehead atoms. The van der Waals surface area contributed by atoms with Crippen molar-refractivity contribution >= 4 is 11.8 Å². The molecule has 1 N–H and O–H groups in total. The summed E-state index contributed by atoms with van der Waals surface area (Å²) in [7, 11) is 4.00. The molecule has 9 nitrogen and oxygen atoms in total. The predicted molar refractivity (Wildman–Crippen MR) is 109 cm³/mol. The molecule has 2 aliphatic rings. The van der Waals surface area contributed by atoms with E-state index in [-0.39, 0.29) is 34.3 Å². The summed E-state index contributed by atoms with van der Waals surface area (Å²) in [6, 6.07) is 2.61. The molecule has 2 aromatic heterocycles. The van der Waals surface area contributed by atoms with Crippen molar-refractivity contribution < 1.29 is 14.0 Å². The van der Waals surface area contributed by atoms with Gasteiger partial charge in [0.15, 0.2) is 11.2 Å². The lowest BCUT2D eigenvalue weighted by Crippen LogP contribution is -2.43. The van der Waals surface area contributed by atoms with Crippen LogP contribution in [0.15, 0.2) is 27.5 Å². The van der Waals surface area contributed by atoms with Gasteiger partial charge in [0.25, 0.3) is 11.8 Å². The van der Waals surface area contributed by atoms with Gasteiger partial charge >= 0.3 is 0 Å². The molecule has 2 saturated heterocycles. The van der Waals surface area contributed by atoms with Crippen molar-refractivity contribution in [3.8, 4) is 0 Å². The van der Waals surface area contributed by atoms with Crippen molar-refractivity contribution in [3.05, 3.63) is 51.6 Å². The molecular weight excluding hydrogens is 386 g/mol. The number of likely N-dealkylation sites (tertiary alicyclic amines) is 2. The molecule has 0 spiro atoms. The second-order valence-electron chi connectivity index (χ2n) is 8.82. The minimum atomic E-state index is -0.273. The van der Waals surface area contributed by atoms with E-state index in [4.69, 9.17) is 4.42 Å². The molecule has 160 valence electrons. The Labute approximate surface area is 174 Å². The molecule has 0 aliphatic carbocycles. The van der Waals surface area contributed by atoms with Crippen molar-refractivity contribution in [2.75, 3.05) is 46.8 Å². The van der Waals surface area contributed by atoms with E-state index in [1.54, 1.807) is 18.0 Å². The maximum atomic E-state index is 13.0. The smallest absolute Gasteiger partial charge is 0.289 e. The van der Waals surface area contributed by atoms with Gasteiger partial charge in [-0.25, -0.2) is 4.98 Å². The molecule has 4 rings (SSSR count). The first-order valence-corrected chi connectivity index (χ1v) is 10.0. The van der Waals surface area contributed by atoms with Gasteiger partial charge in [-0.1, -0.05) is 0 Å². The van der Waals surface area contributed by atoms with Crippen molar-refractivity contribution in [3.63, 3.8) is 0 Å². The first-order chi connectivity index (χ1) is 14.2. The third kappa shape index (κ3) is 3.65. The summed E-state index contributed by atoms with van der Waals surface area (Å²) in [5, 5.41) is 0. The Balaban J connectivity index is 1.56. The van der Waals surface area contributed by atoms with Crippen LogP contribution in [0, 0.1) is 25.2 Å².